The zero-order chi connectivity index (χ0) is 20.1. The smallest absolute Gasteiger partial charge is 0.270 e. The summed E-state index contributed by atoms with van der Waals surface area (Å²) in [7, 11) is -3.61. The first kappa shape index (κ1) is 20.1. The molecule has 1 aliphatic rings. The number of benzene rings is 1. The van der Waals surface area contributed by atoms with Crippen molar-refractivity contribution < 1.29 is 13.3 Å². The van der Waals surface area contributed by atoms with Crippen LogP contribution < -0.4 is 10.2 Å². The molecule has 0 amide bonds. The minimum absolute atomic E-state index is 0.0801. The third-order valence-electron chi connectivity index (χ3n) is 4.80. The summed E-state index contributed by atoms with van der Waals surface area (Å²) in [4.78, 5) is 17.0. The fraction of sp³-hybridized carbons (Fsp3) is 0.421. The molecule has 2 aromatic rings. The van der Waals surface area contributed by atoms with E-state index in [1.54, 1.807) is 6.20 Å². The molecule has 1 aliphatic heterocycles. The van der Waals surface area contributed by atoms with Crippen LogP contribution in [0.5, 0.6) is 0 Å². The molecule has 0 unspecified atom stereocenters. The largest absolute Gasteiger partial charge is 0.380 e. The molecule has 0 radical (unpaired) electrons. The average molecular weight is 404 g/mol. The standard InChI is InChI=1S/C19H24N4O4S/c1-28(26,27)18-13-16(23(24)25)6-7-17(18)21-14-15-8-9-20-19(12-15)22-10-4-2-3-5-11-22/h6-9,12-13,21H,2-5,10-11,14H2,1H3. The number of sulfone groups is 1. The molecule has 0 atom stereocenters. The van der Waals surface area contributed by atoms with Gasteiger partial charge in [-0.25, -0.2) is 13.4 Å². The number of pyridine rings is 1. The van der Waals surface area contributed by atoms with Crippen molar-refractivity contribution in [2.75, 3.05) is 29.6 Å². The molecule has 28 heavy (non-hydrogen) atoms. The van der Waals surface area contributed by atoms with Crippen LogP contribution in [0, 0.1) is 10.1 Å². The van der Waals surface area contributed by atoms with Crippen LogP contribution in [0.15, 0.2) is 41.4 Å². The number of nitro groups is 1. The van der Waals surface area contributed by atoms with E-state index in [0.717, 1.165) is 49.6 Å². The lowest BCUT2D eigenvalue weighted by molar-refractivity contribution is -0.385. The van der Waals surface area contributed by atoms with Crippen LogP contribution in [0.4, 0.5) is 17.2 Å². The summed E-state index contributed by atoms with van der Waals surface area (Å²) in [5.74, 6) is 0.924. The molecule has 0 spiro atoms. The fourth-order valence-electron chi connectivity index (χ4n) is 3.32. The molecule has 2 heterocycles. The maximum atomic E-state index is 12.1. The Balaban J connectivity index is 1.79. The van der Waals surface area contributed by atoms with Crippen molar-refractivity contribution >= 4 is 27.0 Å². The second kappa shape index (κ2) is 8.55. The lowest BCUT2D eigenvalue weighted by atomic mass is 10.2. The number of nitro benzene ring substituents is 1. The molecule has 150 valence electrons. The number of aromatic nitrogens is 1. The maximum absolute atomic E-state index is 12.1. The van der Waals surface area contributed by atoms with Gasteiger partial charge in [-0.2, -0.15) is 0 Å². The molecule has 1 saturated heterocycles. The number of hydrogen-bond donors (Lipinski definition) is 1. The maximum Gasteiger partial charge on any atom is 0.270 e. The van der Waals surface area contributed by atoms with Crippen molar-refractivity contribution in [1.82, 2.24) is 4.98 Å². The normalized spacial score (nSPS) is 15.1. The Hall–Kier alpha value is -2.68. The van der Waals surface area contributed by atoms with E-state index < -0.39 is 14.8 Å². The number of rotatable bonds is 6. The first-order valence-corrected chi connectivity index (χ1v) is 11.2. The highest BCUT2D eigenvalue weighted by Crippen LogP contribution is 2.27. The quantitative estimate of drug-likeness (QED) is 0.581. The Labute approximate surface area is 164 Å². The van der Waals surface area contributed by atoms with Crippen molar-refractivity contribution in [2.24, 2.45) is 0 Å². The summed E-state index contributed by atoms with van der Waals surface area (Å²) >= 11 is 0. The summed E-state index contributed by atoms with van der Waals surface area (Å²) < 4.78 is 24.1. The summed E-state index contributed by atoms with van der Waals surface area (Å²) in [5, 5.41) is 14.1. The van der Waals surface area contributed by atoms with Gasteiger partial charge in [-0.05, 0) is 36.6 Å². The molecule has 1 aromatic carbocycles. The Morgan fingerprint density at radius 3 is 2.50 bits per heavy atom. The van der Waals surface area contributed by atoms with Crippen LogP contribution in [0.3, 0.4) is 0 Å². The summed E-state index contributed by atoms with van der Waals surface area (Å²) in [6.07, 6.45) is 7.60. The molecule has 0 aliphatic carbocycles. The summed E-state index contributed by atoms with van der Waals surface area (Å²) in [6.45, 7) is 2.37. The Morgan fingerprint density at radius 1 is 1.14 bits per heavy atom. The molecular weight excluding hydrogens is 380 g/mol. The van der Waals surface area contributed by atoms with E-state index in [1.165, 1.54) is 25.0 Å². The third-order valence-corrected chi connectivity index (χ3v) is 5.94. The summed E-state index contributed by atoms with van der Waals surface area (Å²) in [5.41, 5.74) is 1.06. The lowest BCUT2D eigenvalue weighted by Gasteiger charge is -2.22. The third kappa shape index (κ3) is 4.98. The number of anilines is 2. The predicted molar refractivity (Wildman–Crippen MR) is 108 cm³/mol. The predicted octanol–water partition coefficient (Wildman–Crippen LogP) is 3.39. The van der Waals surface area contributed by atoms with Crippen LogP contribution in [0.2, 0.25) is 0 Å². The van der Waals surface area contributed by atoms with Crippen LogP contribution in [0.25, 0.3) is 0 Å². The van der Waals surface area contributed by atoms with E-state index >= 15 is 0 Å². The minimum atomic E-state index is -3.61. The van der Waals surface area contributed by atoms with E-state index in [9.17, 15) is 18.5 Å². The molecule has 1 aromatic heterocycles. The van der Waals surface area contributed by atoms with E-state index in [2.05, 4.69) is 15.2 Å². The highest BCUT2D eigenvalue weighted by molar-refractivity contribution is 7.90. The number of hydrogen-bond acceptors (Lipinski definition) is 7. The number of nitrogens with one attached hydrogen (secondary N) is 1. The van der Waals surface area contributed by atoms with Crippen molar-refractivity contribution in [3.8, 4) is 0 Å². The van der Waals surface area contributed by atoms with Gasteiger partial charge in [-0.3, -0.25) is 10.1 Å². The van der Waals surface area contributed by atoms with Crippen molar-refractivity contribution in [1.29, 1.82) is 0 Å². The highest BCUT2D eigenvalue weighted by Gasteiger charge is 2.18. The molecule has 1 fully saturated rings. The Kier molecular flexibility index (Phi) is 6.13. The van der Waals surface area contributed by atoms with Gasteiger partial charge in [-0.15, -0.1) is 0 Å². The van der Waals surface area contributed by atoms with Gasteiger partial charge in [0.05, 0.1) is 15.5 Å². The summed E-state index contributed by atoms with van der Waals surface area (Å²) in [6, 6.07) is 7.70. The minimum Gasteiger partial charge on any atom is -0.380 e. The lowest BCUT2D eigenvalue weighted by Crippen LogP contribution is -2.25. The van der Waals surface area contributed by atoms with Crippen molar-refractivity contribution in [3.05, 3.63) is 52.2 Å². The van der Waals surface area contributed by atoms with Gasteiger partial charge < -0.3 is 10.2 Å². The van der Waals surface area contributed by atoms with Gasteiger partial charge in [-0.1, -0.05) is 12.8 Å². The van der Waals surface area contributed by atoms with Crippen LogP contribution in [-0.4, -0.2) is 37.7 Å². The average Bonchev–Trinajstić information content (AvgIpc) is 2.95. The van der Waals surface area contributed by atoms with E-state index in [-0.39, 0.29) is 10.6 Å². The van der Waals surface area contributed by atoms with Crippen molar-refractivity contribution in [2.45, 2.75) is 37.1 Å². The number of nitrogens with zero attached hydrogens (tertiary/aromatic N) is 3. The zero-order valence-corrected chi connectivity index (χ0v) is 16.6. The number of non-ortho nitro benzene ring substituents is 1. The molecule has 3 rings (SSSR count). The zero-order valence-electron chi connectivity index (χ0n) is 15.8. The van der Waals surface area contributed by atoms with E-state index in [0.29, 0.717) is 12.2 Å². The second-order valence-corrected chi connectivity index (χ2v) is 8.97. The first-order chi connectivity index (χ1) is 13.3. The van der Waals surface area contributed by atoms with Gasteiger partial charge in [0.2, 0.25) is 0 Å². The highest BCUT2D eigenvalue weighted by atomic mass is 32.2. The molecule has 9 heteroatoms. The molecule has 8 nitrogen and oxygen atoms in total. The Morgan fingerprint density at radius 2 is 1.86 bits per heavy atom. The van der Waals surface area contributed by atoms with Crippen molar-refractivity contribution in [3.63, 3.8) is 0 Å². The van der Waals surface area contributed by atoms with Gasteiger partial charge in [0.1, 0.15) is 5.82 Å². The van der Waals surface area contributed by atoms with Gasteiger partial charge in [0.15, 0.2) is 9.84 Å². The van der Waals surface area contributed by atoms with Gasteiger partial charge in [0, 0.05) is 44.2 Å². The fourth-order valence-corrected chi connectivity index (χ4v) is 4.19. The topological polar surface area (TPSA) is 105 Å². The molecular formula is C19H24N4O4S. The SMILES string of the molecule is CS(=O)(=O)c1cc([N+](=O)[O-])ccc1NCc1ccnc(N2CCCCCC2)c1. The van der Waals surface area contributed by atoms with Crippen LogP contribution in [-0.2, 0) is 16.4 Å². The van der Waals surface area contributed by atoms with E-state index in [4.69, 9.17) is 0 Å². The van der Waals surface area contributed by atoms with Gasteiger partial charge >= 0.3 is 0 Å². The molecule has 1 N–H and O–H groups in total. The molecule has 0 bridgehead atoms. The molecule has 0 saturated carbocycles. The van der Waals surface area contributed by atoms with Crippen LogP contribution in [0.1, 0.15) is 31.2 Å². The van der Waals surface area contributed by atoms with Crippen LogP contribution >= 0.6 is 0 Å². The monoisotopic (exact) mass is 404 g/mol. The Bertz CT molecular complexity index is 954. The second-order valence-electron chi connectivity index (χ2n) is 6.99. The first-order valence-electron chi connectivity index (χ1n) is 9.27. The van der Waals surface area contributed by atoms with Gasteiger partial charge in [0.25, 0.3) is 5.69 Å². The van der Waals surface area contributed by atoms with E-state index in [1.807, 2.05) is 12.1 Å².